The average Bonchev–Trinajstić information content (AvgIpc) is 3.25. The van der Waals surface area contributed by atoms with Crippen LogP contribution in [-0.4, -0.2) is 55.2 Å². The van der Waals surface area contributed by atoms with Crippen molar-refractivity contribution in [2.24, 2.45) is 17.5 Å². The van der Waals surface area contributed by atoms with Gasteiger partial charge in [0.25, 0.3) is 17.6 Å². The second-order valence-corrected chi connectivity index (χ2v) is 8.94. The molecule has 0 aromatic rings. The molecule has 0 aromatic heterocycles. The van der Waals surface area contributed by atoms with Crippen molar-refractivity contribution in [3.8, 4) is 0 Å². The monoisotopic (exact) mass is 436 g/mol. The Bertz CT molecular complexity index is 717. The third-order valence-electron chi connectivity index (χ3n) is 6.98. The Morgan fingerprint density at radius 1 is 1.32 bits per heavy atom. The Hall–Kier alpha value is -2.13. The normalized spacial score (nSPS) is 30.3. The van der Waals surface area contributed by atoms with Crippen molar-refractivity contribution in [1.82, 2.24) is 10.6 Å². The van der Waals surface area contributed by atoms with Gasteiger partial charge in [-0.3, -0.25) is 21.2 Å². The molecule has 1 heterocycles. The fourth-order valence-corrected chi connectivity index (χ4v) is 5.15. The number of carbonyl (C=O) groups is 2. The highest BCUT2D eigenvalue weighted by atomic mass is 16.5. The number of rotatable bonds is 9. The van der Waals surface area contributed by atoms with Crippen LogP contribution in [0.5, 0.6) is 0 Å². The zero-order valence-corrected chi connectivity index (χ0v) is 18.7. The second-order valence-electron chi connectivity index (χ2n) is 8.94. The number of fused-ring (bicyclic) bond motifs is 1. The van der Waals surface area contributed by atoms with Crippen molar-refractivity contribution in [2.75, 3.05) is 13.7 Å². The summed E-state index contributed by atoms with van der Waals surface area (Å²) in [4.78, 5) is 26.0. The van der Waals surface area contributed by atoms with Crippen LogP contribution in [0.1, 0.15) is 64.7 Å². The maximum atomic E-state index is 13.1. The molecule has 174 valence electrons. The number of amidine groups is 1. The lowest BCUT2D eigenvalue weighted by Crippen LogP contribution is -2.87. The molecule has 3 unspecified atom stereocenters. The van der Waals surface area contributed by atoms with E-state index in [1.54, 1.807) is 7.11 Å². The molecule has 9 heteroatoms. The molecule has 31 heavy (non-hydrogen) atoms. The van der Waals surface area contributed by atoms with Gasteiger partial charge < -0.3 is 20.1 Å². The van der Waals surface area contributed by atoms with Crippen molar-refractivity contribution < 1.29 is 24.2 Å². The van der Waals surface area contributed by atoms with Crippen molar-refractivity contribution >= 4 is 17.6 Å². The first-order chi connectivity index (χ1) is 15.0. The summed E-state index contributed by atoms with van der Waals surface area (Å²) >= 11 is 0. The largest absolute Gasteiger partial charge is 0.379 e. The molecule has 0 bridgehead atoms. The lowest BCUT2D eigenvalue weighted by molar-refractivity contribution is -0.473. The van der Waals surface area contributed by atoms with Crippen LogP contribution < -0.4 is 27.3 Å². The molecule has 3 aliphatic rings. The van der Waals surface area contributed by atoms with Gasteiger partial charge in [0.2, 0.25) is 0 Å². The van der Waals surface area contributed by atoms with Crippen LogP contribution in [0.3, 0.4) is 0 Å². The van der Waals surface area contributed by atoms with Crippen LogP contribution in [0.25, 0.3) is 0 Å². The van der Waals surface area contributed by atoms with Crippen LogP contribution in [0, 0.1) is 5.92 Å². The van der Waals surface area contributed by atoms with Crippen molar-refractivity contribution in [1.29, 1.82) is 0 Å². The Morgan fingerprint density at radius 2 is 2.06 bits per heavy atom. The zero-order chi connectivity index (χ0) is 22.4. The molecule has 3 rings (SSSR count). The van der Waals surface area contributed by atoms with Gasteiger partial charge in [0, 0.05) is 19.6 Å². The Labute approximate surface area is 184 Å². The zero-order valence-electron chi connectivity index (χ0n) is 18.7. The maximum absolute atomic E-state index is 13.1. The molecule has 2 fully saturated rings. The summed E-state index contributed by atoms with van der Waals surface area (Å²) in [5.74, 6) is 5.08. The van der Waals surface area contributed by atoms with Crippen molar-refractivity contribution in [3.63, 3.8) is 0 Å². The molecule has 0 aromatic carbocycles. The first-order valence-electron chi connectivity index (χ1n) is 11.5. The minimum Gasteiger partial charge on any atom is -0.379 e. The number of hydrazine groups is 1. The minimum atomic E-state index is -0.720. The number of nitrogens with two attached hydrogens (primary N) is 2. The summed E-state index contributed by atoms with van der Waals surface area (Å²) in [5.41, 5.74) is 5.48. The highest BCUT2D eigenvalue weighted by Gasteiger charge is 2.47. The molecule has 4 atom stereocenters. The third kappa shape index (κ3) is 5.03. The number of methoxy groups -OCH3 is 1. The van der Waals surface area contributed by atoms with Gasteiger partial charge in [-0.05, 0) is 32.1 Å². The number of hydrogen-bond acceptors (Lipinski definition) is 5. The van der Waals surface area contributed by atoms with Crippen LogP contribution in [0.2, 0.25) is 0 Å². The van der Waals surface area contributed by atoms with E-state index in [4.69, 9.17) is 21.1 Å². The number of ether oxygens (including phenoxy) is 2. The van der Waals surface area contributed by atoms with E-state index >= 15 is 0 Å². The predicted molar refractivity (Wildman–Crippen MR) is 116 cm³/mol. The Balaban J connectivity index is 1.74. The SMILES string of the molecule is CCCCCO[C@H]1C(OC)CCC2C=C(C(=O)NC3(/C(N)=[NH+]/N)CCCC3)C(=O)NC21. The van der Waals surface area contributed by atoms with E-state index in [-0.39, 0.29) is 35.6 Å². The van der Waals surface area contributed by atoms with Gasteiger partial charge >= 0.3 is 0 Å². The number of hydrazone groups is 1. The summed E-state index contributed by atoms with van der Waals surface area (Å²) in [5, 5.41) is 8.51. The summed E-state index contributed by atoms with van der Waals surface area (Å²) < 4.78 is 11.8. The van der Waals surface area contributed by atoms with E-state index in [9.17, 15) is 9.59 Å². The molecule has 0 radical (unpaired) electrons. The van der Waals surface area contributed by atoms with E-state index in [0.29, 0.717) is 25.3 Å². The molecule has 2 aliphatic carbocycles. The van der Waals surface area contributed by atoms with Crippen molar-refractivity contribution in [2.45, 2.75) is 88.5 Å². The van der Waals surface area contributed by atoms with Crippen molar-refractivity contribution in [3.05, 3.63) is 11.6 Å². The highest BCUT2D eigenvalue weighted by Crippen LogP contribution is 2.34. The van der Waals surface area contributed by atoms with Gasteiger partial charge in [-0.2, -0.15) is 5.10 Å². The number of carbonyl (C=O) groups excluding carboxylic acids is 2. The number of unbranched alkanes of at least 4 members (excludes halogenated alkanes) is 2. The minimum absolute atomic E-state index is 0.0227. The molecule has 7 N–H and O–H groups in total. The van der Waals surface area contributed by atoms with Gasteiger partial charge in [0.15, 0.2) is 0 Å². The third-order valence-corrected chi connectivity index (χ3v) is 6.98. The lowest BCUT2D eigenvalue weighted by Gasteiger charge is -2.43. The molecule has 0 saturated heterocycles. The highest BCUT2D eigenvalue weighted by molar-refractivity contribution is 6.19. The predicted octanol–water partition coefficient (Wildman–Crippen LogP) is -0.848. The molecule has 2 amide bonds. The number of amides is 2. The smallest absolute Gasteiger partial charge is 0.289 e. The molecule has 1 aliphatic heterocycles. The van der Waals surface area contributed by atoms with E-state index in [1.165, 1.54) is 0 Å². The van der Waals surface area contributed by atoms with Crippen LogP contribution >= 0.6 is 0 Å². The second kappa shape index (κ2) is 10.5. The van der Waals surface area contributed by atoms with E-state index in [0.717, 1.165) is 44.9 Å². The number of hydrogen-bond donors (Lipinski definition) is 5. The first-order valence-corrected chi connectivity index (χ1v) is 11.5. The molecule has 9 nitrogen and oxygen atoms in total. The van der Waals surface area contributed by atoms with Crippen LogP contribution in [0.4, 0.5) is 0 Å². The quantitative estimate of drug-likeness (QED) is 0.0796. The fraction of sp³-hybridized carbons (Fsp3) is 0.773. The maximum Gasteiger partial charge on any atom is 0.289 e. The van der Waals surface area contributed by atoms with Crippen LogP contribution in [0.15, 0.2) is 11.6 Å². The van der Waals surface area contributed by atoms with E-state index < -0.39 is 11.4 Å². The fourth-order valence-electron chi connectivity index (χ4n) is 5.15. The van der Waals surface area contributed by atoms with Gasteiger partial charge in [-0.15, -0.1) is 0 Å². The molecule has 2 saturated carbocycles. The molecule has 0 spiro atoms. The van der Waals surface area contributed by atoms with Crippen LogP contribution in [-0.2, 0) is 19.1 Å². The summed E-state index contributed by atoms with van der Waals surface area (Å²) in [7, 11) is 1.68. The van der Waals surface area contributed by atoms with E-state index in [1.807, 2.05) is 6.08 Å². The van der Waals surface area contributed by atoms with Gasteiger partial charge in [-0.1, -0.05) is 38.7 Å². The molecular weight excluding hydrogens is 398 g/mol. The molecular formula is C22H38N5O4+. The summed E-state index contributed by atoms with van der Waals surface area (Å²) in [6, 6.07) is -0.202. The van der Waals surface area contributed by atoms with Gasteiger partial charge in [0.1, 0.15) is 17.2 Å². The Morgan fingerprint density at radius 3 is 2.71 bits per heavy atom. The first kappa shape index (κ1) is 23.5. The topological polar surface area (TPSA) is 143 Å². The average molecular weight is 437 g/mol. The van der Waals surface area contributed by atoms with Gasteiger partial charge in [-0.25, -0.2) is 0 Å². The summed E-state index contributed by atoms with van der Waals surface area (Å²) in [6.45, 7) is 2.79. The van der Waals surface area contributed by atoms with E-state index in [2.05, 4.69) is 22.7 Å². The standard InChI is InChI=1S/C22H37N5O4/c1-3-4-7-12-31-18-16(30-2)9-8-14-13-15(19(28)25-17(14)18)20(29)26-22(21(23)27-24)10-5-6-11-22/h13-14,16-18H,3-12,24H2,1-2H3,(H2,23,27)(H,25,28)(H,26,29)/p+1/t14?,16?,17?,18-/m0/s1. The Kier molecular flexibility index (Phi) is 7.94. The number of nitrogens with one attached hydrogen (secondary N) is 3. The summed E-state index contributed by atoms with van der Waals surface area (Å²) in [6.07, 6.45) is 9.62. The van der Waals surface area contributed by atoms with Gasteiger partial charge in [0.05, 0.1) is 12.1 Å². The lowest BCUT2D eigenvalue weighted by atomic mass is 9.77.